The van der Waals surface area contributed by atoms with E-state index in [1.54, 1.807) is 0 Å². The predicted octanol–water partition coefficient (Wildman–Crippen LogP) is 4.73. The van der Waals surface area contributed by atoms with Crippen LogP contribution in [0.15, 0.2) is 70.6 Å². The minimum Gasteiger partial charge on any atom is -1.00 e. The molecule has 0 bridgehead atoms. The van der Waals surface area contributed by atoms with Crippen molar-refractivity contribution < 1.29 is 28.5 Å². The van der Waals surface area contributed by atoms with E-state index in [4.69, 9.17) is 0 Å². The van der Waals surface area contributed by atoms with Gasteiger partial charge in [-0.05, 0) is 43.0 Å². The van der Waals surface area contributed by atoms with Gasteiger partial charge in [-0.25, -0.2) is 0 Å². The van der Waals surface area contributed by atoms with Crippen LogP contribution in [0.5, 0.6) is 0 Å². The Labute approximate surface area is 203 Å². The summed E-state index contributed by atoms with van der Waals surface area (Å²) < 4.78 is 2.48. The molecule has 3 aromatic rings. The van der Waals surface area contributed by atoms with Gasteiger partial charge in [0.25, 0.3) is 0 Å². The molecule has 2 aromatic carbocycles. The van der Waals surface area contributed by atoms with Crippen molar-refractivity contribution in [2.45, 2.75) is 81.0 Å². The maximum atomic E-state index is 2.48. The van der Waals surface area contributed by atoms with Crippen LogP contribution < -0.4 is 28.5 Å². The van der Waals surface area contributed by atoms with E-state index in [1.165, 1.54) is 84.0 Å². The van der Waals surface area contributed by atoms with Crippen LogP contribution in [0.2, 0.25) is 0 Å². The highest BCUT2D eigenvalue weighted by molar-refractivity contribution is 7.99. The Kier molecular flexibility index (Phi) is 9.51. The van der Waals surface area contributed by atoms with Gasteiger partial charge in [0.1, 0.15) is 6.54 Å². The van der Waals surface area contributed by atoms with Gasteiger partial charge in [-0.15, -0.1) is 0 Å². The molecule has 0 saturated heterocycles. The maximum absolute atomic E-state index is 2.48. The number of hydrogen-bond donors (Lipinski definition) is 0. The molecule has 0 radical (unpaired) electrons. The summed E-state index contributed by atoms with van der Waals surface area (Å²) in [4.78, 5) is 2.68. The summed E-state index contributed by atoms with van der Waals surface area (Å²) >= 11 is 1.88. The lowest BCUT2D eigenvalue weighted by atomic mass is 9.85. The first kappa shape index (κ1) is 23.6. The van der Waals surface area contributed by atoms with E-state index < -0.39 is 0 Å². The predicted molar refractivity (Wildman–Crippen MR) is 124 cm³/mol. The second-order valence-electron chi connectivity index (χ2n) is 8.65. The van der Waals surface area contributed by atoms with Crippen LogP contribution in [0.25, 0.3) is 10.9 Å². The summed E-state index contributed by atoms with van der Waals surface area (Å²) in [5.74, 6) is 1.02. The molecule has 3 heteroatoms. The Balaban J connectivity index is 0.00000256. The third-order valence-corrected chi connectivity index (χ3v) is 7.52. The summed E-state index contributed by atoms with van der Waals surface area (Å²) in [5.41, 5.74) is 2.70. The Morgan fingerprint density at radius 3 is 2.50 bits per heavy atom. The van der Waals surface area contributed by atoms with Crippen molar-refractivity contribution in [3.05, 3.63) is 66.4 Å². The minimum absolute atomic E-state index is 0. The molecule has 1 aliphatic carbocycles. The molecule has 1 fully saturated rings. The average Bonchev–Trinajstić information content (AvgIpc) is 2.76. The van der Waals surface area contributed by atoms with Crippen LogP contribution in [-0.2, 0) is 6.54 Å². The fourth-order valence-electron chi connectivity index (χ4n) is 4.69. The number of fused-ring (bicyclic) bond motifs is 1. The molecule has 160 valence electrons. The van der Waals surface area contributed by atoms with Crippen molar-refractivity contribution in [2.24, 2.45) is 5.92 Å². The number of rotatable bonds is 8. The van der Waals surface area contributed by atoms with Gasteiger partial charge >= 0.3 is 0 Å². The zero-order chi connectivity index (χ0) is 19.9. The summed E-state index contributed by atoms with van der Waals surface area (Å²) in [7, 11) is 0. The molecular weight excluding hydrogens is 497 g/mol. The monoisotopic (exact) mass is 531 g/mol. The van der Waals surface area contributed by atoms with E-state index in [9.17, 15) is 0 Å². The van der Waals surface area contributed by atoms with Crippen LogP contribution >= 0.6 is 11.8 Å². The molecular formula is C27H34INS. The molecule has 1 heterocycles. The van der Waals surface area contributed by atoms with Gasteiger partial charge in [-0.2, -0.15) is 4.57 Å². The molecule has 1 nitrogen and oxygen atoms in total. The highest BCUT2D eigenvalue weighted by atomic mass is 127. The molecule has 0 aliphatic heterocycles. The Morgan fingerprint density at radius 2 is 1.67 bits per heavy atom. The second kappa shape index (κ2) is 12.1. The SMILES string of the molecule is Cc1ccccc1Sc1cc2ccccc2[n+](CCCCCC2CCCCC2)c1.[I-]. The molecule has 30 heavy (non-hydrogen) atoms. The number of benzene rings is 2. The Morgan fingerprint density at radius 1 is 0.900 bits per heavy atom. The van der Waals surface area contributed by atoms with Gasteiger partial charge in [0.2, 0.25) is 5.52 Å². The molecule has 1 aliphatic rings. The number of aryl methyl sites for hydroxylation is 2. The van der Waals surface area contributed by atoms with E-state index in [2.05, 4.69) is 72.3 Å². The van der Waals surface area contributed by atoms with E-state index >= 15 is 0 Å². The molecule has 0 N–H and O–H groups in total. The molecule has 1 saturated carbocycles. The van der Waals surface area contributed by atoms with Gasteiger partial charge in [0.05, 0.1) is 4.90 Å². The highest BCUT2D eigenvalue weighted by Crippen LogP contribution is 2.31. The normalized spacial score (nSPS) is 14.6. The molecule has 0 atom stereocenters. The van der Waals surface area contributed by atoms with Crippen LogP contribution in [0.1, 0.15) is 63.4 Å². The molecule has 0 spiro atoms. The van der Waals surface area contributed by atoms with E-state index in [-0.39, 0.29) is 24.0 Å². The second-order valence-corrected chi connectivity index (χ2v) is 9.76. The smallest absolute Gasteiger partial charge is 0.212 e. The van der Waals surface area contributed by atoms with E-state index in [0.717, 1.165) is 12.5 Å². The summed E-state index contributed by atoms with van der Waals surface area (Å²) in [6, 6.07) is 19.8. The quantitative estimate of drug-likeness (QED) is 0.231. The van der Waals surface area contributed by atoms with Crippen molar-refractivity contribution in [3.8, 4) is 0 Å². The first-order valence-electron chi connectivity index (χ1n) is 11.5. The number of aromatic nitrogens is 1. The summed E-state index contributed by atoms with van der Waals surface area (Å²) in [6.07, 6.45) is 15.2. The van der Waals surface area contributed by atoms with Gasteiger partial charge < -0.3 is 24.0 Å². The number of para-hydroxylation sites is 1. The van der Waals surface area contributed by atoms with Crippen molar-refractivity contribution >= 4 is 22.7 Å². The van der Waals surface area contributed by atoms with E-state index in [1.807, 2.05) is 11.8 Å². The minimum atomic E-state index is 0. The number of unbranched alkanes of at least 4 members (excludes halogenated alkanes) is 2. The average molecular weight is 532 g/mol. The zero-order valence-corrected chi connectivity index (χ0v) is 21.1. The Hall–Kier alpha value is -1.07. The summed E-state index contributed by atoms with van der Waals surface area (Å²) in [6.45, 7) is 3.32. The molecule has 0 unspecified atom stereocenters. The number of pyridine rings is 1. The molecule has 4 rings (SSSR count). The van der Waals surface area contributed by atoms with Crippen LogP contribution in [-0.4, -0.2) is 0 Å². The maximum Gasteiger partial charge on any atom is 0.212 e. The fourth-order valence-corrected chi connectivity index (χ4v) is 5.69. The van der Waals surface area contributed by atoms with E-state index in [0.29, 0.717) is 0 Å². The molecule has 1 aromatic heterocycles. The third kappa shape index (κ3) is 6.46. The van der Waals surface area contributed by atoms with Crippen LogP contribution in [0.4, 0.5) is 0 Å². The largest absolute Gasteiger partial charge is 1.00 e. The summed E-state index contributed by atoms with van der Waals surface area (Å²) in [5, 5.41) is 1.34. The first-order chi connectivity index (χ1) is 14.3. The Bertz CT molecular complexity index is 933. The van der Waals surface area contributed by atoms with Crippen LogP contribution in [0, 0.1) is 12.8 Å². The lowest BCUT2D eigenvalue weighted by Crippen LogP contribution is -3.00. The van der Waals surface area contributed by atoms with Gasteiger partial charge in [-0.1, -0.05) is 87.0 Å². The standard InChI is InChI=1S/C27H34NS.HI/c1-22-12-7-10-18-27(22)29-25-20-24-16-8-9-17-26(24)28(21-25)19-11-3-6-15-23-13-4-2-5-14-23;/h7-10,12,16-18,20-21,23H,2-6,11,13-15,19H2,1H3;1H/q+1;/p-1. The number of halogens is 1. The topological polar surface area (TPSA) is 3.88 Å². The number of nitrogens with zero attached hydrogens (tertiary/aromatic N) is 1. The zero-order valence-electron chi connectivity index (χ0n) is 18.2. The van der Waals surface area contributed by atoms with Gasteiger partial charge in [0.15, 0.2) is 6.20 Å². The van der Waals surface area contributed by atoms with Gasteiger partial charge in [-0.3, -0.25) is 0 Å². The lowest BCUT2D eigenvalue weighted by Gasteiger charge is -2.21. The third-order valence-electron chi connectivity index (χ3n) is 6.38. The van der Waals surface area contributed by atoms with Crippen molar-refractivity contribution in [1.82, 2.24) is 0 Å². The fraction of sp³-hybridized carbons (Fsp3) is 0.444. The molecule has 0 amide bonds. The lowest BCUT2D eigenvalue weighted by molar-refractivity contribution is -0.673. The van der Waals surface area contributed by atoms with Crippen molar-refractivity contribution in [2.75, 3.05) is 0 Å². The van der Waals surface area contributed by atoms with Crippen LogP contribution in [0.3, 0.4) is 0 Å². The number of hydrogen-bond acceptors (Lipinski definition) is 1. The van der Waals surface area contributed by atoms with Crippen molar-refractivity contribution in [1.29, 1.82) is 0 Å². The van der Waals surface area contributed by atoms with Gasteiger partial charge in [0, 0.05) is 22.8 Å². The highest BCUT2D eigenvalue weighted by Gasteiger charge is 2.14. The first-order valence-corrected chi connectivity index (χ1v) is 12.3. The van der Waals surface area contributed by atoms with Crippen molar-refractivity contribution in [3.63, 3.8) is 0 Å².